The summed E-state index contributed by atoms with van der Waals surface area (Å²) in [5.74, 6) is 0.762. The summed E-state index contributed by atoms with van der Waals surface area (Å²) >= 11 is 0. The van der Waals surface area contributed by atoms with Gasteiger partial charge in [-0.15, -0.1) is 0 Å². The Morgan fingerprint density at radius 3 is 2.33 bits per heavy atom. The Morgan fingerprint density at radius 1 is 1.19 bits per heavy atom. The summed E-state index contributed by atoms with van der Waals surface area (Å²) < 4.78 is 0. The summed E-state index contributed by atoms with van der Waals surface area (Å²) in [5.41, 5.74) is 2.53. The Labute approximate surface area is 128 Å². The second-order valence-corrected chi connectivity index (χ2v) is 6.44. The molecule has 1 aliphatic heterocycles. The molecule has 1 aromatic rings. The van der Waals surface area contributed by atoms with Gasteiger partial charge >= 0.3 is 0 Å². The van der Waals surface area contributed by atoms with Gasteiger partial charge in [0.25, 0.3) is 0 Å². The third-order valence-electron chi connectivity index (χ3n) is 4.35. The van der Waals surface area contributed by atoms with Crippen molar-refractivity contribution in [3.63, 3.8) is 0 Å². The first kappa shape index (κ1) is 16.0. The average Bonchev–Trinajstić information content (AvgIpc) is 3.01. The van der Waals surface area contributed by atoms with E-state index in [-0.39, 0.29) is 18.4 Å². The van der Waals surface area contributed by atoms with Crippen molar-refractivity contribution < 1.29 is 9.90 Å². The van der Waals surface area contributed by atoms with Crippen molar-refractivity contribution in [3.05, 3.63) is 35.4 Å². The minimum absolute atomic E-state index is 0.0306. The zero-order valence-corrected chi connectivity index (χ0v) is 13.2. The van der Waals surface area contributed by atoms with Gasteiger partial charge in [-0.25, -0.2) is 0 Å². The molecule has 116 valence electrons. The predicted molar refractivity (Wildman–Crippen MR) is 85.2 cm³/mol. The molecule has 1 fully saturated rings. The summed E-state index contributed by atoms with van der Waals surface area (Å²) in [7, 11) is 0. The number of hydrogen-bond acceptors (Lipinski definition) is 2. The van der Waals surface area contributed by atoms with Crippen molar-refractivity contribution in [1.82, 2.24) is 4.90 Å². The SMILES string of the molecule is CC(C)c1ccc(CC(CO)CC(=O)N2CCCC2)cc1. The van der Waals surface area contributed by atoms with Crippen LogP contribution in [0.15, 0.2) is 24.3 Å². The lowest BCUT2D eigenvalue weighted by molar-refractivity contribution is -0.131. The molecule has 1 aliphatic rings. The van der Waals surface area contributed by atoms with Crippen LogP contribution in [-0.2, 0) is 11.2 Å². The maximum absolute atomic E-state index is 12.2. The molecular weight excluding hydrogens is 262 g/mol. The molecule has 1 heterocycles. The molecule has 0 spiro atoms. The highest BCUT2D eigenvalue weighted by Gasteiger charge is 2.21. The quantitative estimate of drug-likeness (QED) is 0.874. The number of carbonyl (C=O) groups excluding carboxylic acids is 1. The zero-order valence-electron chi connectivity index (χ0n) is 13.2. The topological polar surface area (TPSA) is 40.5 Å². The van der Waals surface area contributed by atoms with Gasteiger partial charge in [0.15, 0.2) is 0 Å². The monoisotopic (exact) mass is 289 g/mol. The number of carbonyl (C=O) groups is 1. The second kappa shape index (κ2) is 7.60. The first-order valence-electron chi connectivity index (χ1n) is 8.07. The van der Waals surface area contributed by atoms with Gasteiger partial charge in [-0.1, -0.05) is 38.1 Å². The molecule has 1 amide bonds. The summed E-state index contributed by atoms with van der Waals surface area (Å²) in [6, 6.07) is 8.55. The van der Waals surface area contributed by atoms with Gasteiger partial charge in [0.1, 0.15) is 0 Å². The molecular formula is C18H27NO2. The third-order valence-corrected chi connectivity index (χ3v) is 4.35. The molecule has 0 aromatic heterocycles. The Hall–Kier alpha value is -1.35. The molecule has 1 saturated heterocycles. The smallest absolute Gasteiger partial charge is 0.222 e. The highest BCUT2D eigenvalue weighted by molar-refractivity contribution is 5.76. The fourth-order valence-corrected chi connectivity index (χ4v) is 2.92. The lowest BCUT2D eigenvalue weighted by Crippen LogP contribution is -2.30. The van der Waals surface area contributed by atoms with E-state index in [4.69, 9.17) is 0 Å². The van der Waals surface area contributed by atoms with Gasteiger partial charge in [-0.05, 0) is 42.2 Å². The van der Waals surface area contributed by atoms with Gasteiger partial charge in [-0.3, -0.25) is 4.79 Å². The van der Waals surface area contributed by atoms with E-state index in [9.17, 15) is 9.90 Å². The summed E-state index contributed by atoms with van der Waals surface area (Å²) in [6.45, 7) is 6.21. The number of nitrogens with zero attached hydrogens (tertiary/aromatic N) is 1. The van der Waals surface area contributed by atoms with Gasteiger partial charge in [-0.2, -0.15) is 0 Å². The van der Waals surface area contributed by atoms with E-state index in [0.29, 0.717) is 12.3 Å². The van der Waals surface area contributed by atoms with Crippen molar-refractivity contribution in [2.24, 2.45) is 5.92 Å². The van der Waals surface area contributed by atoms with Crippen LogP contribution in [0.1, 0.15) is 50.2 Å². The molecule has 3 heteroatoms. The molecule has 3 nitrogen and oxygen atoms in total. The number of aliphatic hydroxyl groups is 1. The first-order chi connectivity index (χ1) is 10.1. The summed E-state index contributed by atoms with van der Waals surface area (Å²) in [5, 5.41) is 9.55. The van der Waals surface area contributed by atoms with Crippen molar-refractivity contribution in [1.29, 1.82) is 0 Å². The second-order valence-electron chi connectivity index (χ2n) is 6.44. The predicted octanol–water partition coefficient (Wildman–Crippen LogP) is 2.97. The lowest BCUT2D eigenvalue weighted by atomic mass is 9.94. The molecule has 0 saturated carbocycles. The highest BCUT2D eigenvalue weighted by Crippen LogP contribution is 2.19. The van der Waals surface area contributed by atoms with E-state index in [1.54, 1.807) is 0 Å². The van der Waals surface area contributed by atoms with Gasteiger partial charge in [0.05, 0.1) is 0 Å². The summed E-state index contributed by atoms with van der Waals surface area (Å²) in [6.07, 6.45) is 3.47. The number of likely N-dealkylation sites (tertiary alicyclic amines) is 1. The molecule has 0 aliphatic carbocycles. The maximum Gasteiger partial charge on any atom is 0.222 e. The molecule has 21 heavy (non-hydrogen) atoms. The van der Waals surface area contributed by atoms with Crippen LogP contribution in [0.2, 0.25) is 0 Å². The Balaban J connectivity index is 1.90. The van der Waals surface area contributed by atoms with Crippen LogP contribution in [0.25, 0.3) is 0 Å². The van der Waals surface area contributed by atoms with Gasteiger partial charge in [0.2, 0.25) is 5.91 Å². The first-order valence-corrected chi connectivity index (χ1v) is 8.07. The van der Waals surface area contributed by atoms with Crippen LogP contribution in [0.4, 0.5) is 0 Å². The minimum atomic E-state index is 0.0306. The van der Waals surface area contributed by atoms with Crippen LogP contribution >= 0.6 is 0 Å². The number of benzene rings is 1. The molecule has 1 atom stereocenters. The van der Waals surface area contributed by atoms with Gasteiger partial charge < -0.3 is 10.0 Å². The third kappa shape index (κ3) is 4.57. The normalized spacial score (nSPS) is 16.5. The van der Waals surface area contributed by atoms with Crippen LogP contribution in [0, 0.1) is 5.92 Å². The van der Waals surface area contributed by atoms with Crippen LogP contribution in [0.5, 0.6) is 0 Å². The number of rotatable bonds is 6. The van der Waals surface area contributed by atoms with Crippen molar-refractivity contribution in [3.8, 4) is 0 Å². The molecule has 2 rings (SSSR count). The van der Waals surface area contributed by atoms with Crippen LogP contribution < -0.4 is 0 Å². The standard InChI is InChI=1S/C18H27NO2/c1-14(2)17-7-5-15(6-8-17)11-16(13-20)12-18(21)19-9-3-4-10-19/h5-8,14,16,20H,3-4,9-13H2,1-2H3. The molecule has 0 bridgehead atoms. The Morgan fingerprint density at radius 2 is 1.81 bits per heavy atom. The fourth-order valence-electron chi connectivity index (χ4n) is 2.92. The molecule has 0 radical (unpaired) electrons. The highest BCUT2D eigenvalue weighted by atomic mass is 16.3. The zero-order chi connectivity index (χ0) is 15.2. The van der Waals surface area contributed by atoms with E-state index in [1.165, 1.54) is 11.1 Å². The van der Waals surface area contributed by atoms with E-state index in [2.05, 4.69) is 38.1 Å². The lowest BCUT2D eigenvalue weighted by Gasteiger charge is -2.20. The maximum atomic E-state index is 12.2. The van der Waals surface area contributed by atoms with E-state index >= 15 is 0 Å². The van der Waals surface area contributed by atoms with Crippen molar-refractivity contribution in [2.45, 2.75) is 45.4 Å². The van der Waals surface area contributed by atoms with Crippen molar-refractivity contribution in [2.75, 3.05) is 19.7 Å². The van der Waals surface area contributed by atoms with E-state index in [0.717, 1.165) is 32.4 Å². The van der Waals surface area contributed by atoms with Crippen molar-refractivity contribution >= 4 is 5.91 Å². The number of aliphatic hydroxyl groups excluding tert-OH is 1. The number of amides is 1. The van der Waals surface area contributed by atoms with Gasteiger partial charge in [0, 0.05) is 26.1 Å². The largest absolute Gasteiger partial charge is 0.396 e. The minimum Gasteiger partial charge on any atom is -0.396 e. The average molecular weight is 289 g/mol. The molecule has 1 N–H and O–H groups in total. The number of hydrogen-bond donors (Lipinski definition) is 1. The van der Waals surface area contributed by atoms with E-state index in [1.807, 2.05) is 4.90 Å². The summed E-state index contributed by atoms with van der Waals surface area (Å²) in [4.78, 5) is 14.1. The fraction of sp³-hybridized carbons (Fsp3) is 0.611. The molecule has 1 aromatic carbocycles. The van der Waals surface area contributed by atoms with Crippen LogP contribution in [0.3, 0.4) is 0 Å². The van der Waals surface area contributed by atoms with E-state index < -0.39 is 0 Å². The molecule has 1 unspecified atom stereocenters. The van der Waals surface area contributed by atoms with Crippen LogP contribution in [-0.4, -0.2) is 35.6 Å². The Kier molecular flexibility index (Phi) is 5.80. The Bertz CT molecular complexity index is 447.